The van der Waals surface area contributed by atoms with E-state index in [1.54, 1.807) is 0 Å². The van der Waals surface area contributed by atoms with Gasteiger partial charge in [-0.2, -0.15) is 0 Å². The zero-order valence-electron chi connectivity index (χ0n) is 17.2. The van der Waals surface area contributed by atoms with E-state index in [0.29, 0.717) is 6.54 Å². The fourth-order valence-corrected chi connectivity index (χ4v) is 4.03. The maximum Gasteiger partial charge on any atom is 0.254 e. The molecule has 4 rings (SSSR count). The van der Waals surface area contributed by atoms with Crippen LogP contribution in [0.4, 0.5) is 10.1 Å². The number of para-hydroxylation sites is 1. The molecule has 1 aliphatic heterocycles. The minimum atomic E-state index is -0.616. The third kappa shape index (κ3) is 5.43. The molecule has 0 saturated carbocycles. The smallest absolute Gasteiger partial charge is 0.254 e. The molecular formula is C25H25ClFN3O. The molecule has 0 atom stereocenters. The van der Waals surface area contributed by atoms with Crippen molar-refractivity contribution in [3.05, 3.63) is 100 Å². The van der Waals surface area contributed by atoms with Gasteiger partial charge < -0.3 is 10.2 Å². The molecule has 1 saturated heterocycles. The van der Waals surface area contributed by atoms with Crippen LogP contribution in [0, 0.1) is 5.82 Å². The van der Waals surface area contributed by atoms with Crippen LogP contribution < -0.4 is 10.2 Å². The first kappa shape index (κ1) is 21.3. The molecule has 1 N–H and O–H groups in total. The SMILES string of the molecule is O=C(NCc1ccccc1CN1CCN(c2ccccc2)CC1)c1ccc(Cl)cc1F. The van der Waals surface area contributed by atoms with Crippen LogP contribution in [-0.2, 0) is 13.1 Å². The zero-order chi connectivity index (χ0) is 21.6. The molecule has 0 unspecified atom stereocenters. The number of amides is 1. The van der Waals surface area contributed by atoms with Gasteiger partial charge in [0.05, 0.1) is 5.56 Å². The topological polar surface area (TPSA) is 35.6 Å². The minimum Gasteiger partial charge on any atom is -0.369 e. The number of carbonyl (C=O) groups is 1. The number of rotatable bonds is 6. The van der Waals surface area contributed by atoms with Crippen molar-refractivity contribution in [3.63, 3.8) is 0 Å². The Balaban J connectivity index is 1.35. The van der Waals surface area contributed by atoms with Gasteiger partial charge in [0.15, 0.2) is 0 Å². The second kappa shape index (κ2) is 9.94. The molecule has 31 heavy (non-hydrogen) atoms. The highest BCUT2D eigenvalue weighted by atomic mass is 35.5. The lowest BCUT2D eigenvalue weighted by Gasteiger charge is -2.36. The first-order chi connectivity index (χ1) is 15.1. The molecule has 1 fully saturated rings. The van der Waals surface area contributed by atoms with Gasteiger partial charge in [-0.05, 0) is 41.5 Å². The Bertz CT molecular complexity index is 1040. The maximum atomic E-state index is 14.0. The number of carbonyl (C=O) groups excluding carboxylic acids is 1. The Kier molecular flexibility index (Phi) is 6.85. The number of benzene rings is 3. The van der Waals surface area contributed by atoms with Gasteiger partial charge >= 0.3 is 0 Å². The van der Waals surface area contributed by atoms with Crippen LogP contribution in [0.1, 0.15) is 21.5 Å². The summed E-state index contributed by atoms with van der Waals surface area (Å²) in [7, 11) is 0. The molecule has 3 aromatic rings. The predicted octanol–water partition coefficient (Wildman–Crippen LogP) is 4.73. The van der Waals surface area contributed by atoms with E-state index in [1.165, 1.54) is 23.4 Å². The predicted molar refractivity (Wildman–Crippen MR) is 123 cm³/mol. The van der Waals surface area contributed by atoms with Crippen molar-refractivity contribution < 1.29 is 9.18 Å². The summed E-state index contributed by atoms with van der Waals surface area (Å²) in [5, 5.41) is 3.10. The van der Waals surface area contributed by atoms with Gasteiger partial charge in [-0.1, -0.05) is 54.1 Å². The van der Waals surface area contributed by atoms with E-state index in [2.05, 4.69) is 45.4 Å². The Hall–Kier alpha value is -2.89. The second-order valence-corrected chi connectivity index (χ2v) is 8.11. The third-order valence-corrected chi connectivity index (χ3v) is 5.86. The largest absolute Gasteiger partial charge is 0.369 e. The Labute approximate surface area is 187 Å². The number of nitrogens with one attached hydrogen (secondary N) is 1. The van der Waals surface area contributed by atoms with Crippen molar-refractivity contribution in [2.75, 3.05) is 31.1 Å². The second-order valence-electron chi connectivity index (χ2n) is 7.67. The Morgan fingerprint density at radius 3 is 2.29 bits per heavy atom. The lowest BCUT2D eigenvalue weighted by Crippen LogP contribution is -2.46. The van der Waals surface area contributed by atoms with E-state index in [4.69, 9.17) is 11.6 Å². The first-order valence-electron chi connectivity index (χ1n) is 10.4. The van der Waals surface area contributed by atoms with Gasteiger partial charge in [0.25, 0.3) is 5.91 Å². The van der Waals surface area contributed by atoms with Crippen molar-refractivity contribution >= 4 is 23.2 Å². The molecule has 0 radical (unpaired) electrons. The van der Waals surface area contributed by atoms with Gasteiger partial charge in [-0.15, -0.1) is 0 Å². The molecule has 1 amide bonds. The third-order valence-electron chi connectivity index (χ3n) is 5.62. The van der Waals surface area contributed by atoms with Crippen molar-refractivity contribution in [2.24, 2.45) is 0 Å². The molecule has 4 nitrogen and oxygen atoms in total. The fourth-order valence-electron chi connectivity index (χ4n) is 3.87. The van der Waals surface area contributed by atoms with Crippen LogP contribution in [0.25, 0.3) is 0 Å². The van der Waals surface area contributed by atoms with Crippen molar-refractivity contribution in [1.82, 2.24) is 10.2 Å². The van der Waals surface area contributed by atoms with E-state index >= 15 is 0 Å². The Morgan fingerprint density at radius 2 is 1.58 bits per heavy atom. The summed E-state index contributed by atoms with van der Waals surface area (Å²) in [5.74, 6) is -1.06. The number of halogens is 2. The molecule has 0 bridgehead atoms. The molecule has 160 valence electrons. The first-order valence-corrected chi connectivity index (χ1v) is 10.8. The highest BCUT2D eigenvalue weighted by Gasteiger charge is 2.18. The van der Waals surface area contributed by atoms with E-state index in [0.717, 1.165) is 44.4 Å². The van der Waals surface area contributed by atoms with E-state index in [1.807, 2.05) is 24.3 Å². The minimum absolute atomic E-state index is 0.00100. The Morgan fingerprint density at radius 1 is 0.903 bits per heavy atom. The van der Waals surface area contributed by atoms with Crippen molar-refractivity contribution in [1.29, 1.82) is 0 Å². The summed E-state index contributed by atoms with van der Waals surface area (Å²) in [6, 6.07) is 22.6. The van der Waals surface area contributed by atoms with Crippen LogP contribution in [0.15, 0.2) is 72.8 Å². The number of hydrogen-bond acceptors (Lipinski definition) is 3. The number of anilines is 1. The standard InChI is InChI=1S/C25H25ClFN3O/c26-21-10-11-23(24(27)16-21)25(31)28-17-19-6-4-5-7-20(19)18-29-12-14-30(15-13-29)22-8-2-1-3-9-22/h1-11,16H,12-15,17-18H2,(H,28,31). The van der Waals surface area contributed by atoms with E-state index in [-0.39, 0.29) is 10.6 Å². The van der Waals surface area contributed by atoms with E-state index < -0.39 is 11.7 Å². The summed E-state index contributed by atoms with van der Waals surface area (Å²) >= 11 is 5.77. The quantitative estimate of drug-likeness (QED) is 0.605. The highest BCUT2D eigenvalue weighted by molar-refractivity contribution is 6.30. The lowest BCUT2D eigenvalue weighted by atomic mass is 10.1. The van der Waals surface area contributed by atoms with Gasteiger partial charge in [0.2, 0.25) is 0 Å². The van der Waals surface area contributed by atoms with Crippen molar-refractivity contribution in [2.45, 2.75) is 13.1 Å². The molecule has 0 aromatic heterocycles. The van der Waals surface area contributed by atoms with Crippen LogP contribution >= 0.6 is 11.6 Å². The van der Waals surface area contributed by atoms with Gasteiger partial charge in [0, 0.05) is 50.0 Å². The number of nitrogens with zero attached hydrogens (tertiary/aromatic N) is 2. The summed E-state index contributed by atoms with van der Waals surface area (Å²) in [6.07, 6.45) is 0. The van der Waals surface area contributed by atoms with Crippen LogP contribution in [-0.4, -0.2) is 37.0 Å². The van der Waals surface area contributed by atoms with Gasteiger partial charge in [-0.25, -0.2) is 4.39 Å². The summed E-state index contributed by atoms with van der Waals surface area (Å²) in [5.41, 5.74) is 3.47. The molecule has 0 spiro atoms. The zero-order valence-corrected chi connectivity index (χ0v) is 18.0. The average Bonchev–Trinajstić information content (AvgIpc) is 2.79. The van der Waals surface area contributed by atoms with Gasteiger partial charge in [0.1, 0.15) is 5.82 Å². The number of piperazine rings is 1. The van der Waals surface area contributed by atoms with Crippen LogP contribution in [0.2, 0.25) is 5.02 Å². The maximum absolute atomic E-state index is 14.0. The molecule has 0 aliphatic carbocycles. The highest BCUT2D eigenvalue weighted by Crippen LogP contribution is 2.19. The molecular weight excluding hydrogens is 413 g/mol. The van der Waals surface area contributed by atoms with Crippen LogP contribution in [0.5, 0.6) is 0 Å². The van der Waals surface area contributed by atoms with E-state index in [9.17, 15) is 9.18 Å². The van der Waals surface area contributed by atoms with Crippen LogP contribution in [0.3, 0.4) is 0 Å². The van der Waals surface area contributed by atoms with Crippen molar-refractivity contribution in [3.8, 4) is 0 Å². The summed E-state index contributed by atoms with van der Waals surface area (Å²) in [4.78, 5) is 17.2. The number of hydrogen-bond donors (Lipinski definition) is 1. The average molecular weight is 438 g/mol. The van der Waals surface area contributed by atoms with Gasteiger partial charge in [-0.3, -0.25) is 9.69 Å². The normalized spacial score (nSPS) is 14.5. The molecule has 1 aliphatic rings. The molecule has 3 aromatic carbocycles. The lowest BCUT2D eigenvalue weighted by molar-refractivity contribution is 0.0946. The molecule has 1 heterocycles. The summed E-state index contributed by atoms with van der Waals surface area (Å²) in [6.45, 7) is 5.10. The molecule has 6 heteroatoms. The monoisotopic (exact) mass is 437 g/mol. The fraction of sp³-hybridized carbons (Fsp3) is 0.240. The summed E-state index contributed by atoms with van der Waals surface area (Å²) < 4.78 is 14.0.